The molecule has 12 heteroatoms. The molecule has 176 valence electrons. The van der Waals surface area contributed by atoms with Crippen molar-refractivity contribution < 1.29 is 25.8 Å². The number of aromatic nitrogens is 1. The van der Waals surface area contributed by atoms with Crippen molar-refractivity contribution in [2.75, 3.05) is 0 Å². The molecule has 34 heavy (non-hydrogen) atoms. The smallest absolute Gasteiger partial charge is 0.375 e. The molecule has 4 aromatic rings. The largest absolute Gasteiger partial charge is 0.534 e. The molecule has 0 aliphatic rings. The van der Waals surface area contributed by atoms with E-state index in [0.717, 1.165) is 6.07 Å². The molecule has 0 saturated heterocycles. The zero-order valence-electron chi connectivity index (χ0n) is 16.6. The van der Waals surface area contributed by atoms with Gasteiger partial charge in [-0.25, -0.2) is 0 Å². The van der Waals surface area contributed by atoms with Crippen LogP contribution in [0.2, 0.25) is 15.1 Å². The quantitative estimate of drug-likeness (QED) is 0.219. The van der Waals surface area contributed by atoms with E-state index in [2.05, 4.69) is 9.17 Å². The molecule has 0 fully saturated rings. The summed E-state index contributed by atoms with van der Waals surface area (Å²) in [5.41, 5.74) is -5.98. The van der Waals surface area contributed by atoms with E-state index in [1.807, 2.05) is 0 Å². The number of aromatic amines is 1. The van der Waals surface area contributed by atoms with E-state index in [1.54, 1.807) is 18.2 Å². The Morgan fingerprint density at radius 1 is 0.794 bits per heavy atom. The van der Waals surface area contributed by atoms with Gasteiger partial charge in [-0.1, -0.05) is 59.1 Å². The predicted octanol–water partition coefficient (Wildman–Crippen LogP) is 7.05. The lowest BCUT2D eigenvalue weighted by atomic mass is 9.90. The normalized spacial score (nSPS) is 12.2. The zero-order valence-corrected chi connectivity index (χ0v) is 19.7. The van der Waals surface area contributed by atoms with Gasteiger partial charge in [0.05, 0.1) is 15.6 Å². The minimum absolute atomic E-state index is 0.00159. The third-order valence-corrected chi connectivity index (χ3v) is 6.75. The molecular weight excluding hydrogens is 538 g/mol. The van der Waals surface area contributed by atoms with Gasteiger partial charge in [-0.3, -0.25) is 4.79 Å². The second-order valence-electron chi connectivity index (χ2n) is 6.97. The second-order valence-corrected chi connectivity index (χ2v) is 9.73. The van der Waals surface area contributed by atoms with E-state index < -0.39 is 26.9 Å². The summed E-state index contributed by atoms with van der Waals surface area (Å²) in [5, 5.41) is 0.545. The van der Waals surface area contributed by atoms with E-state index in [1.165, 1.54) is 36.4 Å². The molecule has 5 nitrogen and oxygen atoms in total. The van der Waals surface area contributed by atoms with Gasteiger partial charge in [-0.05, 0) is 24.3 Å². The molecule has 0 saturated carbocycles. The molecular formula is C22H11Cl3F3NO4S. The predicted molar refractivity (Wildman–Crippen MR) is 126 cm³/mol. The second kappa shape index (κ2) is 8.81. The molecule has 0 bridgehead atoms. The molecule has 1 heterocycles. The fourth-order valence-corrected chi connectivity index (χ4v) is 4.72. The highest BCUT2D eigenvalue weighted by atomic mass is 35.5. The van der Waals surface area contributed by atoms with Crippen molar-refractivity contribution in [2.45, 2.75) is 5.51 Å². The van der Waals surface area contributed by atoms with Gasteiger partial charge < -0.3 is 9.17 Å². The number of benzene rings is 3. The van der Waals surface area contributed by atoms with Gasteiger partial charge in [0.15, 0.2) is 5.75 Å². The molecule has 1 N–H and O–H groups in total. The van der Waals surface area contributed by atoms with Crippen molar-refractivity contribution in [3.05, 3.63) is 86.1 Å². The summed E-state index contributed by atoms with van der Waals surface area (Å²) in [6.45, 7) is 0. The highest BCUT2D eigenvalue weighted by molar-refractivity contribution is 7.88. The Bertz CT molecular complexity index is 1580. The van der Waals surface area contributed by atoms with E-state index in [4.69, 9.17) is 34.8 Å². The number of H-pyrrole nitrogens is 1. The fourth-order valence-electron chi connectivity index (χ4n) is 3.44. The Labute approximate surface area is 205 Å². The minimum Gasteiger partial charge on any atom is -0.375 e. The Kier molecular flexibility index (Phi) is 6.32. The van der Waals surface area contributed by atoms with Gasteiger partial charge >= 0.3 is 15.6 Å². The van der Waals surface area contributed by atoms with Crippen molar-refractivity contribution in [3.8, 4) is 28.0 Å². The molecule has 4 rings (SSSR count). The summed E-state index contributed by atoms with van der Waals surface area (Å²) in [6.07, 6.45) is 0. The van der Waals surface area contributed by atoms with Gasteiger partial charge in [-0.15, -0.1) is 0 Å². The van der Waals surface area contributed by atoms with Crippen LogP contribution in [0.5, 0.6) is 5.75 Å². The van der Waals surface area contributed by atoms with E-state index >= 15 is 0 Å². The van der Waals surface area contributed by atoms with Gasteiger partial charge in [-0.2, -0.15) is 21.6 Å². The van der Waals surface area contributed by atoms with Gasteiger partial charge in [0, 0.05) is 44.8 Å². The monoisotopic (exact) mass is 547 g/mol. The maximum atomic E-state index is 13.2. The third-order valence-electron chi connectivity index (χ3n) is 4.83. The van der Waals surface area contributed by atoms with Crippen LogP contribution in [0.1, 0.15) is 0 Å². The van der Waals surface area contributed by atoms with Crippen LogP contribution in [-0.2, 0) is 10.1 Å². The van der Waals surface area contributed by atoms with Crippen LogP contribution < -0.4 is 9.74 Å². The number of alkyl halides is 3. The van der Waals surface area contributed by atoms with Crippen molar-refractivity contribution in [2.24, 2.45) is 0 Å². The van der Waals surface area contributed by atoms with Crippen LogP contribution in [-0.4, -0.2) is 18.9 Å². The number of hydrogen-bond donors (Lipinski definition) is 1. The molecule has 0 spiro atoms. The zero-order chi connectivity index (χ0) is 24.8. The number of fused-ring (bicyclic) bond motifs is 1. The third kappa shape index (κ3) is 4.36. The van der Waals surface area contributed by atoms with Crippen LogP contribution >= 0.6 is 34.8 Å². The molecule has 3 aromatic carbocycles. The summed E-state index contributed by atoms with van der Waals surface area (Å²) in [5.74, 6) is -0.753. The standard InChI is InChI=1S/C22H11Cl3F3NO4S/c23-13-5-2-1-4-11(13)19-12-8-9-18(30)29-16(12)10-17(33-34(31,32)22(26,27)28)21(19)20-14(24)6-3-7-15(20)25/h1-10H,(H,29,30). The lowest BCUT2D eigenvalue weighted by Crippen LogP contribution is -2.28. The molecule has 0 radical (unpaired) electrons. The average molecular weight is 549 g/mol. The first kappa shape index (κ1) is 24.4. The van der Waals surface area contributed by atoms with Crippen molar-refractivity contribution in [3.63, 3.8) is 0 Å². The van der Waals surface area contributed by atoms with E-state index in [9.17, 15) is 26.4 Å². The maximum absolute atomic E-state index is 13.2. The Hall–Kier alpha value is -2.72. The highest BCUT2D eigenvalue weighted by Gasteiger charge is 2.49. The van der Waals surface area contributed by atoms with Crippen LogP contribution in [0.4, 0.5) is 13.2 Å². The minimum atomic E-state index is -6.11. The van der Waals surface area contributed by atoms with E-state index in [-0.39, 0.29) is 37.3 Å². The highest BCUT2D eigenvalue weighted by Crippen LogP contribution is 2.50. The molecule has 0 unspecified atom stereocenters. The van der Waals surface area contributed by atoms with Gasteiger partial charge in [0.2, 0.25) is 5.56 Å². The van der Waals surface area contributed by atoms with Crippen LogP contribution in [0.15, 0.2) is 65.5 Å². The molecule has 0 atom stereocenters. The van der Waals surface area contributed by atoms with Crippen molar-refractivity contribution in [1.29, 1.82) is 0 Å². The average Bonchev–Trinajstić information content (AvgIpc) is 2.73. The Balaban J connectivity index is 2.25. The van der Waals surface area contributed by atoms with Crippen molar-refractivity contribution in [1.82, 2.24) is 4.98 Å². The summed E-state index contributed by atoms with van der Waals surface area (Å²) in [6, 6.07) is 14.3. The number of halogens is 6. The topological polar surface area (TPSA) is 76.2 Å². The lowest BCUT2D eigenvalue weighted by Gasteiger charge is -2.21. The number of hydrogen-bond acceptors (Lipinski definition) is 4. The van der Waals surface area contributed by atoms with Crippen LogP contribution in [0.25, 0.3) is 33.2 Å². The lowest BCUT2D eigenvalue weighted by molar-refractivity contribution is -0.0499. The fraction of sp³-hybridized carbons (Fsp3) is 0.0455. The maximum Gasteiger partial charge on any atom is 0.534 e. The molecule has 0 amide bonds. The number of nitrogens with one attached hydrogen (secondary N) is 1. The molecule has 0 aliphatic heterocycles. The molecule has 0 aliphatic carbocycles. The van der Waals surface area contributed by atoms with Crippen LogP contribution in [0.3, 0.4) is 0 Å². The van der Waals surface area contributed by atoms with Crippen molar-refractivity contribution >= 4 is 55.8 Å². The van der Waals surface area contributed by atoms with Gasteiger partial charge in [0.25, 0.3) is 0 Å². The SMILES string of the molecule is O=c1ccc2c(-c3ccccc3Cl)c(-c3c(Cl)cccc3Cl)c(OS(=O)(=O)C(F)(F)F)cc2[nH]1. The summed E-state index contributed by atoms with van der Waals surface area (Å²) >= 11 is 19.2. The summed E-state index contributed by atoms with van der Waals surface area (Å²) in [7, 11) is -6.11. The summed E-state index contributed by atoms with van der Waals surface area (Å²) < 4.78 is 68.2. The van der Waals surface area contributed by atoms with E-state index in [0.29, 0.717) is 10.9 Å². The first-order chi connectivity index (χ1) is 15.9. The van der Waals surface area contributed by atoms with Crippen LogP contribution in [0, 0.1) is 0 Å². The summed E-state index contributed by atoms with van der Waals surface area (Å²) in [4.78, 5) is 14.4. The number of pyridine rings is 1. The first-order valence-corrected chi connectivity index (χ1v) is 11.8. The first-order valence-electron chi connectivity index (χ1n) is 9.31. The Morgan fingerprint density at radius 2 is 1.41 bits per heavy atom. The number of rotatable bonds is 4. The Morgan fingerprint density at radius 3 is 2.03 bits per heavy atom. The van der Waals surface area contributed by atoms with Gasteiger partial charge in [0.1, 0.15) is 0 Å². The molecule has 1 aromatic heterocycles.